The largest absolute Gasteiger partial charge is 0.344 e. The van der Waals surface area contributed by atoms with Gasteiger partial charge in [-0.1, -0.05) is 44.2 Å². The number of nitrogens with one attached hydrogen (secondary N) is 2. The molecule has 0 bridgehead atoms. The highest BCUT2D eigenvalue weighted by molar-refractivity contribution is 6.02. The zero-order valence-corrected chi connectivity index (χ0v) is 12.1. The third-order valence-corrected chi connectivity index (χ3v) is 3.42. The van der Waals surface area contributed by atoms with Crippen molar-refractivity contribution < 1.29 is 4.79 Å². The number of aromatic amines is 1. The molecule has 0 fully saturated rings. The van der Waals surface area contributed by atoms with E-state index in [-0.39, 0.29) is 11.8 Å². The number of pyridine rings is 1. The molecular weight excluding hydrogens is 262 g/mol. The van der Waals surface area contributed by atoms with Crippen LogP contribution in [-0.2, 0) is 4.79 Å². The Morgan fingerprint density at radius 1 is 1.19 bits per heavy atom. The highest BCUT2D eigenvalue weighted by Crippen LogP contribution is 2.27. The Morgan fingerprint density at radius 3 is 2.67 bits per heavy atom. The number of carbonyl (C=O) groups is 1. The van der Waals surface area contributed by atoms with Gasteiger partial charge in [-0.25, -0.2) is 4.98 Å². The number of hydrogen-bond acceptors (Lipinski definition) is 2. The number of amides is 1. The minimum Gasteiger partial charge on any atom is -0.344 e. The molecule has 3 aromatic rings. The molecule has 0 saturated carbocycles. The minimum absolute atomic E-state index is 0.000939. The number of aromatic nitrogens is 2. The Morgan fingerprint density at radius 2 is 1.95 bits per heavy atom. The number of H-pyrrole nitrogens is 1. The molecule has 2 heterocycles. The van der Waals surface area contributed by atoms with Gasteiger partial charge in [-0.05, 0) is 11.6 Å². The van der Waals surface area contributed by atoms with E-state index in [0.717, 1.165) is 27.8 Å². The number of benzene rings is 1. The number of rotatable bonds is 3. The van der Waals surface area contributed by atoms with Gasteiger partial charge >= 0.3 is 0 Å². The number of nitrogens with zero attached hydrogens (tertiary/aromatic N) is 1. The third kappa shape index (κ3) is 2.65. The molecule has 0 aliphatic heterocycles. The van der Waals surface area contributed by atoms with Crippen molar-refractivity contribution >= 4 is 22.6 Å². The lowest BCUT2D eigenvalue weighted by Gasteiger charge is -2.07. The molecule has 0 aliphatic carbocycles. The van der Waals surface area contributed by atoms with E-state index in [2.05, 4.69) is 15.3 Å². The van der Waals surface area contributed by atoms with Crippen molar-refractivity contribution in [2.24, 2.45) is 5.92 Å². The van der Waals surface area contributed by atoms with Crippen LogP contribution in [0.15, 0.2) is 48.8 Å². The van der Waals surface area contributed by atoms with Crippen LogP contribution in [0, 0.1) is 5.92 Å². The minimum atomic E-state index is -0.0554. The molecule has 1 aromatic carbocycles. The molecule has 3 rings (SSSR count). The topological polar surface area (TPSA) is 57.8 Å². The zero-order valence-electron chi connectivity index (χ0n) is 12.1. The van der Waals surface area contributed by atoms with Crippen molar-refractivity contribution in [3.8, 4) is 11.1 Å². The van der Waals surface area contributed by atoms with E-state index in [0.29, 0.717) is 0 Å². The first kappa shape index (κ1) is 13.4. The summed E-state index contributed by atoms with van der Waals surface area (Å²) in [6.07, 6.45) is 3.62. The van der Waals surface area contributed by atoms with Crippen LogP contribution < -0.4 is 5.32 Å². The average molecular weight is 279 g/mol. The molecular formula is C17H17N3O. The quantitative estimate of drug-likeness (QED) is 0.765. The lowest BCUT2D eigenvalue weighted by molar-refractivity contribution is -0.118. The van der Waals surface area contributed by atoms with E-state index in [4.69, 9.17) is 0 Å². The summed E-state index contributed by atoms with van der Waals surface area (Å²) in [5.41, 5.74) is 3.68. The molecule has 2 aromatic heterocycles. The number of carbonyl (C=O) groups excluding carboxylic acids is 1. The van der Waals surface area contributed by atoms with Gasteiger partial charge in [0.1, 0.15) is 5.65 Å². The van der Waals surface area contributed by atoms with Crippen molar-refractivity contribution in [2.45, 2.75) is 13.8 Å². The normalized spacial score (nSPS) is 11.0. The van der Waals surface area contributed by atoms with Crippen molar-refractivity contribution in [3.05, 3.63) is 48.8 Å². The maximum absolute atomic E-state index is 11.9. The smallest absolute Gasteiger partial charge is 0.226 e. The summed E-state index contributed by atoms with van der Waals surface area (Å²) in [5.74, 6) is -0.0544. The molecule has 0 atom stereocenters. The summed E-state index contributed by atoms with van der Waals surface area (Å²) in [7, 11) is 0. The van der Waals surface area contributed by atoms with E-state index in [1.54, 1.807) is 6.20 Å². The fourth-order valence-electron chi connectivity index (χ4n) is 2.17. The lowest BCUT2D eigenvalue weighted by atomic mass is 10.1. The van der Waals surface area contributed by atoms with Gasteiger partial charge in [0.25, 0.3) is 0 Å². The zero-order chi connectivity index (χ0) is 14.8. The van der Waals surface area contributed by atoms with Gasteiger partial charge in [-0.2, -0.15) is 0 Å². The molecule has 0 radical (unpaired) electrons. The van der Waals surface area contributed by atoms with E-state index in [1.807, 2.05) is 56.4 Å². The second-order valence-corrected chi connectivity index (χ2v) is 5.33. The maximum Gasteiger partial charge on any atom is 0.226 e. The number of anilines is 1. The van der Waals surface area contributed by atoms with Crippen molar-refractivity contribution in [2.75, 3.05) is 5.32 Å². The van der Waals surface area contributed by atoms with Crippen LogP contribution in [0.4, 0.5) is 5.69 Å². The average Bonchev–Trinajstić information content (AvgIpc) is 2.90. The fraction of sp³-hybridized carbons (Fsp3) is 0.176. The molecule has 0 aliphatic rings. The molecule has 4 heteroatoms. The predicted molar refractivity (Wildman–Crippen MR) is 85.0 cm³/mol. The van der Waals surface area contributed by atoms with Crippen molar-refractivity contribution in [1.82, 2.24) is 9.97 Å². The van der Waals surface area contributed by atoms with Gasteiger partial charge in [-0.3, -0.25) is 4.79 Å². The van der Waals surface area contributed by atoms with E-state index < -0.39 is 0 Å². The first-order valence-corrected chi connectivity index (χ1v) is 6.98. The summed E-state index contributed by atoms with van der Waals surface area (Å²) in [5, 5.41) is 3.85. The summed E-state index contributed by atoms with van der Waals surface area (Å²) < 4.78 is 0. The third-order valence-electron chi connectivity index (χ3n) is 3.42. The van der Waals surface area contributed by atoms with Crippen LogP contribution in [0.25, 0.3) is 22.2 Å². The highest BCUT2D eigenvalue weighted by Gasteiger charge is 2.12. The van der Waals surface area contributed by atoms with Crippen molar-refractivity contribution in [1.29, 1.82) is 0 Å². The summed E-state index contributed by atoms with van der Waals surface area (Å²) in [4.78, 5) is 19.4. The monoisotopic (exact) mass is 279 g/mol. The Hall–Kier alpha value is -2.62. The van der Waals surface area contributed by atoms with Crippen LogP contribution in [-0.4, -0.2) is 15.9 Å². The molecule has 0 unspecified atom stereocenters. The van der Waals surface area contributed by atoms with Crippen LogP contribution >= 0.6 is 0 Å². The summed E-state index contributed by atoms with van der Waals surface area (Å²) >= 11 is 0. The van der Waals surface area contributed by atoms with E-state index in [1.165, 1.54) is 0 Å². The Kier molecular flexibility index (Phi) is 3.44. The molecule has 0 saturated heterocycles. The second-order valence-electron chi connectivity index (χ2n) is 5.33. The maximum atomic E-state index is 11.9. The second kappa shape index (κ2) is 5.40. The summed E-state index contributed by atoms with van der Waals surface area (Å²) in [6.45, 7) is 3.75. The first-order chi connectivity index (χ1) is 10.1. The molecule has 4 nitrogen and oxygen atoms in total. The van der Waals surface area contributed by atoms with Crippen LogP contribution in [0.3, 0.4) is 0 Å². The predicted octanol–water partition coefficient (Wildman–Crippen LogP) is 3.82. The molecule has 2 N–H and O–H groups in total. The molecule has 1 amide bonds. The Balaban J connectivity index is 2.02. The van der Waals surface area contributed by atoms with E-state index in [9.17, 15) is 4.79 Å². The van der Waals surface area contributed by atoms with Crippen LogP contribution in [0.2, 0.25) is 0 Å². The molecule has 21 heavy (non-hydrogen) atoms. The van der Waals surface area contributed by atoms with Gasteiger partial charge in [0.15, 0.2) is 0 Å². The van der Waals surface area contributed by atoms with Crippen LogP contribution in [0.1, 0.15) is 13.8 Å². The first-order valence-electron chi connectivity index (χ1n) is 6.98. The van der Waals surface area contributed by atoms with Gasteiger partial charge in [0, 0.05) is 29.3 Å². The van der Waals surface area contributed by atoms with Crippen molar-refractivity contribution in [3.63, 3.8) is 0 Å². The Bertz CT molecular complexity index is 775. The molecule has 0 spiro atoms. The highest BCUT2D eigenvalue weighted by atomic mass is 16.1. The lowest BCUT2D eigenvalue weighted by Crippen LogP contribution is -2.17. The SMILES string of the molecule is CC(C)C(=O)Nc1c[nH]c2ncc(-c3ccccc3)cc12. The molecule has 106 valence electrons. The standard InChI is InChI=1S/C17H17N3O/c1-11(2)17(21)20-15-10-19-16-14(15)8-13(9-18-16)12-6-4-3-5-7-12/h3-11H,1-2H3,(H,18,19)(H,20,21). The van der Waals surface area contributed by atoms with Crippen LogP contribution in [0.5, 0.6) is 0 Å². The summed E-state index contributed by atoms with van der Waals surface area (Å²) in [6, 6.07) is 12.1. The van der Waals surface area contributed by atoms with Gasteiger partial charge in [0.05, 0.1) is 5.69 Å². The van der Waals surface area contributed by atoms with Gasteiger partial charge in [0.2, 0.25) is 5.91 Å². The van der Waals surface area contributed by atoms with Gasteiger partial charge in [-0.15, -0.1) is 0 Å². The number of fused-ring (bicyclic) bond motifs is 1. The fourth-order valence-corrected chi connectivity index (χ4v) is 2.17. The Labute approximate surface area is 123 Å². The van der Waals surface area contributed by atoms with E-state index >= 15 is 0 Å². The van der Waals surface area contributed by atoms with Gasteiger partial charge < -0.3 is 10.3 Å². The number of hydrogen-bond donors (Lipinski definition) is 2.